The van der Waals surface area contributed by atoms with Crippen LogP contribution in [0.1, 0.15) is 9.75 Å². The topological polar surface area (TPSA) is 35.8 Å². The Morgan fingerprint density at radius 3 is 2.56 bits per heavy atom. The number of thiophene rings is 1. The molecule has 0 amide bonds. The SMILES string of the molecule is N#Cc1ccc(CNc2ccc(F)c(F)c2F)s1. The maximum Gasteiger partial charge on any atom is 0.196 e. The van der Waals surface area contributed by atoms with Gasteiger partial charge in [-0.3, -0.25) is 0 Å². The second kappa shape index (κ2) is 5.10. The van der Waals surface area contributed by atoms with Gasteiger partial charge in [-0.05, 0) is 24.3 Å². The summed E-state index contributed by atoms with van der Waals surface area (Å²) < 4.78 is 39.0. The molecule has 0 bridgehead atoms. The van der Waals surface area contributed by atoms with Crippen molar-refractivity contribution in [2.45, 2.75) is 6.54 Å². The third-order valence-corrected chi connectivity index (χ3v) is 3.25. The Balaban J connectivity index is 2.11. The van der Waals surface area contributed by atoms with Gasteiger partial charge in [-0.2, -0.15) is 5.26 Å². The summed E-state index contributed by atoms with van der Waals surface area (Å²) in [5, 5.41) is 11.3. The van der Waals surface area contributed by atoms with E-state index >= 15 is 0 Å². The summed E-state index contributed by atoms with van der Waals surface area (Å²) in [7, 11) is 0. The van der Waals surface area contributed by atoms with Crippen molar-refractivity contribution in [1.29, 1.82) is 5.26 Å². The third-order valence-electron chi connectivity index (χ3n) is 2.26. The Labute approximate surface area is 105 Å². The molecule has 1 N–H and O–H groups in total. The maximum atomic E-state index is 13.3. The van der Waals surface area contributed by atoms with E-state index in [1.165, 1.54) is 11.3 Å². The molecule has 0 atom stereocenters. The number of nitrogens with one attached hydrogen (secondary N) is 1. The zero-order chi connectivity index (χ0) is 13.1. The highest BCUT2D eigenvalue weighted by atomic mass is 32.1. The minimum absolute atomic E-state index is 0.110. The van der Waals surface area contributed by atoms with E-state index in [0.717, 1.165) is 17.0 Å². The molecule has 2 rings (SSSR count). The molecule has 18 heavy (non-hydrogen) atoms. The van der Waals surface area contributed by atoms with Crippen molar-refractivity contribution in [2.24, 2.45) is 0 Å². The van der Waals surface area contributed by atoms with E-state index in [4.69, 9.17) is 5.26 Å². The Kier molecular flexibility index (Phi) is 3.53. The highest BCUT2D eigenvalue weighted by Crippen LogP contribution is 2.22. The Bertz CT molecular complexity index is 616. The van der Waals surface area contributed by atoms with Gasteiger partial charge in [0.05, 0.1) is 5.69 Å². The lowest BCUT2D eigenvalue weighted by Gasteiger charge is -2.06. The lowest BCUT2D eigenvalue weighted by molar-refractivity contribution is 0.449. The summed E-state index contributed by atoms with van der Waals surface area (Å²) in [6, 6.07) is 7.33. The lowest BCUT2D eigenvalue weighted by Crippen LogP contribution is -2.02. The van der Waals surface area contributed by atoms with Crippen LogP contribution < -0.4 is 5.32 Å². The van der Waals surface area contributed by atoms with Gasteiger partial charge < -0.3 is 5.32 Å². The second-order valence-electron chi connectivity index (χ2n) is 3.45. The summed E-state index contributed by atoms with van der Waals surface area (Å²) in [6.07, 6.45) is 0. The third kappa shape index (κ3) is 2.46. The number of benzene rings is 1. The standard InChI is InChI=1S/C12H7F3N2S/c13-9-3-4-10(12(15)11(9)14)17-6-8-2-1-7(5-16)18-8/h1-4,17H,6H2. The molecule has 1 aromatic heterocycles. The molecule has 0 aliphatic carbocycles. The quantitative estimate of drug-likeness (QED) is 0.862. The minimum atomic E-state index is -1.50. The van der Waals surface area contributed by atoms with Crippen LogP contribution in [-0.2, 0) is 6.54 Å². The first-order valence-electron chi connectivity index (χ1n) is 4.98. The van der Waals surface area contributed by atoms with Crippen molar-refractivity contribution in [3.63, 3.8) is 0 Å². The zero-order valence-corrected chi connectivity index (χ0v) is 9.82. The van der Waals surface area contributed by atoms with E-state index in [-0.39, 0.29) is 12.2 Å². The first kappa shape index (κ1) is 12.5. The minimum Gasteiger partial charge on any atom is -0.378 e. The molecule has 92 valence electrons. The first-order valence-corrected chi connectivity index (χ1v) is 5.79. The Hall–Kier alpha value is -2.00. The predicted octanol–water partition coefficient (Wildman–Crippen LogP) is 3.65. The maximum absolute atomic E-state index is 13.3. The van der Waals surface area contributed by atoms with Crippen LogP contribution in [0.25, 0.3) is 0 Å². The molecular formula is C12H7F3N2S. The van der Waals surface area contributed by atoms with E-state index in [9.17, 15) is 13.2 Å². The number of hydrogen-bond acceptors (Lipinski definition) is 3. The number of halogens is 3. The fourth-order valence-corrected chi connectivity index (χ4v) is 2.12. The molecule has 2 nitrogen and oxygen atoms in total. The number of rotatable bonds is 3. The molecular weight excluding hydrogens is 261 g/mol. The van der Waals surface area contributed by atoms with Gasteiger partial charge in [0.1, 0.15) is 10.9 Å². The first-order chi connectivity index (χ1) is 8.61. The van der Waals surface area contributed by atoms with Crippen LogP contribution in [0.4, 0.5) is 18.9 Å². The Morgan fingerprint density at radius 2 is 1.89 bits per heavy atom. The molecule has 0 fully saturated rings. The molecule has 0 radical (unpaired) electrons. The predicted molar refractivity (Wildman–Crippen MR) is 62.7 cm³/mol. The van der Waals surface area contributed by atoms with Crippen molar-refractivity contribution < 1.29 is 13.2 Å². The van der Waals surface area contributed by atoms with Crippen LogP contribution in [0.3, 0.4) is 0 Å². The molecule has 1 aromatic carbocycles. The zero-order valence-electron chi connectivity index (χ0n) is 9.01. The lowest BCUT2D eigenvalue weighted by atomic mass is 10.2. The molecule has 0 saturated carbocycles. The smallest absolute Gasteiger partial charge is 0.196 e. The average molecular weight is 268 g/mol. The highest BCUT2D eigenvalue weighted by molar-refractivity contribution is 7.12. The van der Waals surface area contributed by atoms with Gasteiger partial charge in [0, 0.05) is 11.4 Å². The van der Waals surface area contributed by atoms with Crippen molar-refractivity contribution in [1.82, 2.24) is 0 Å². The van der Waals surface area contributed by atoms with E-state index in [1.54, 1.807) is 12.1 Å². The van der Waals surface area contributed by atoms with Gasteiger partial charge in [-0.15, -0.1) is 11.3 Å². The highest BCUT2D eigenvalue weighted by Gasteiger charge is 2.13. The van der Waals surface area contributed by atoms with Crippen molar-refractivity contribution in [2.75, 3.05) is 5.32 Å². The second-order valence-corrected chi connectivity index (χ2v) is 4.62. The molecule has 0 aliphatic rings. The van der Waals surface area contributed by atoms with E-state index in [2.05, 4.69) is 5.32 Å². The van der Waals surface area contributed by atoms with Crippen molar-refractivity contribution in [3.05, 3.63) is 51.5 Å². The number of anilines is 1. The molecule has 1 heterocycles. The van der Waals surface area contributed by atoms with Gasteiger partial charge in [0.2, 0.25) is 0 Å². The summed E-state index contributed by atoms with van der Waals surface area (Å²) in [5.41, 5.74) is -0.110. The number of hydrogen-bond donors (Lipinski definition) is 1. The van der Waals surface area contributed by atoms with E-state index in [0.29, 0.717) is 4.88 Å². The van der Waals surface area contributed by atoms with Crippen LogP contribution in [0, 0.1) is 28.8 Å². The van der Waals surface area contributed by atoms with E-state index < -0.39 is 17.5 Å². The summed E-state index contributed by atoms with van der Waals surface area (Å²) in [6.45, 7) is 0.244. The monoisotopic (exact) mass is 268 g/mol. The summed E-state index contributed by atoms with van der Waals surface area (Å²) in [4.78, 5) is 1.34. The molecule has 6 heteroatoms. The van der Waals surface area contributed by atoms with E-state index in [1.807, 2.05) is 6.07 Å². The van der Waals surface area contributed by atoms with Gasteiger partial charge in [-0.25, -0.2) is 13.2 Å². The molecule has 2 aromatic rings. The molecule has 0 aliphatic heterocycles. The van der Waals surface area contributed by atoms with Crippen LogP contribution >= 0.6 is 11.3 Å². The molecule has 0 spiro atoms. The van der Waals surface area contributed by atoms with Gasteiger partial charge >= 0.3 is 0 Å². The van der Waals surface area contributed by atoms with Gasteiger partial charge in [0.15, 0.2) is 17.5 Å². The van der Waals surface area contributed by atoms with Crippen molar-refractivity contribution in [3.8, 4) is 6.07 Å². The Morgan fingerprint density at radius 1 is 1.11 bits per heavy atom. The average Bonchev–Trinajstić information content (AvgIpc) is 2.83. The van der Waals surface area contributed by atoms with Crippen LogP contribution in [-0.4, -0.2) is 0 Å². The van der Waals surface area contributed by atoms with Gasteiger partial charge in [0.25, 0.3) is 0 Å². The number of nitrogens with zero attached hydrogens (tertiary/aromatic N) is 1. The largest absolute Gasteiger partial charge is 0.378 e. The summed E-state index contributed by atoms with van der Waals surface area (Å²) >= 11 is 1.25. The van der Waals surface area contributed by atoms with Gasteiger partial charge in [-0.1, -0.05) is 0 Å². The van der Waals surface area contributed by atoms with Crippen LogP contribution in [0.15, 0.2) is 24.3 Å². The van der Waals surface area contributed by atoms with Crippen LogP contribution in [0.5, 0.6) is 0 Å². The molecule has 0 saturated heterocycles. The van der Waals surface area contributed by atoms with Crippen LogP contribution in [0.2, 0.25) is 0 Å². The fourth-order valence-electron chi connectivity index (χ4n) is 1.38. The fraction of sp³-hybridized carbons (Fsp3) is 0.0833. The summed E-state index contributed by atoms with van der Waals surface area (Å²) in [5.74, 6) is -3.96. The normalized spacial score (nSPS) is 10.1. The van der Waals surface area contributed by atoms with Crippen molar-refractivity contribution >= 4 is 17.0 Å². The molecule has 0 unspecified atom stereocenters. The number of nitriles is 1.